The Labute approximate surface area is 146 Å². The van der Waals surface area contributed by atoms with Gasteiger partial charge in [-0.3, -0.25) is 4.79 Å². The lowest BCUT2D eigenvalue weighted by Crippen LogP contribution is -2.13. The number of carbonyl (C=O) groups excluding carboxylic acids is 1. The van der Waals surface area contributed by atoms with Crippen molar-refractivity contribution in [1.82, 2.24) is 10.2 Å². The predicted octanol–water partition coefficient (Wildman–Crippen LogP) is 3.74. The lowest BCUT2D eigenvalue weighted by atomic mass is 10.1. The third kappa shape index (κ3) is 4.88. The van der Waals surface area contributed by atoms with Crippen LogP contribution < -0.4 is 10.1 Å². The molecule has 0 bridgehead atoms. The van der Waals surface area contributed by atoms with Crippen LogP contribution in [-0.2, 0) is 6.42 Å². The number of hydrogen-bond donors (Lipinski definition) is 1. The normalized spacial score (nSPS) is 10.2. The topological polar surface area (TPSA) is 64.1 Å². The Bertz CT molecular complexity index is 807. The molecular weight excluding hydrogens is 314 g/mol. The van der Waals surface area contributed by atoms with Crippen LogP contribution >= 0.6 is 0 Å². The van der Waals surface area contributed by atoms with Crippen molar-refractivity contribution in [3.05, 3.63) is 84.2 Å². The van der Waals surface area contributed by atoms with Crippen molar-refractivity contribution in [2.45, 2.75) is 12.8 Å². The van der Waals surface area contributed by atoms with Gasteiger partial charge in [-0.2, -0.15) is 10.2 Å². The summed E-state index contributed by atoms with van der Waals surface area (Å²) in [4.78, 5) is 12.2. The first-order valence-corrected chi connectivity index (χ1v) is 8.17. The molecule has 3 rings (SSSR count). The second-order valence-corrected chi connectivity index (χ2v) is 5.52. The predicted molar refractivity (Wildman–Crippen MR) is 96.7 cm³/mol. The molecule has 0 saturated heterocycles. The maximum absolute atomic E-state index is 12.2. The third-order valence-corrected chi connectivity index (χ3v) is 3.69. The van der Waals surface area contributed by atoms with E-state index in [1.807, 2.05) is 42.5 Å². The number of ether oxygens (including phenoxy) is 1. The summed E-state index contributed by atoms with van der Waals surface area (Å²) in [6.45, 7) is 0.582. The number of benzene rings is 2. The van der Waals surface area contributed by atoms with Crippen LogP contribution in [0.25, 0.3) is 0 Å². The van der Waals surface area contributed by atoms with E-state index < -0.39 is 0 Å². The second kappa shape index (κ2) is 8.59. The van der Waals surface area contributed by atoms with Crippen LogP contribution in [0.1, 0.15) is 22.3 Å². The van der Waals surface area contributed by atoms with Crippen LogP contribution in [-0.4, -0.2) is 22.7 Å². The average molecular weight is 333 g/mol. The van der Waals surface area contributed by atoms with E-state index in [1.54, 1.807) is 6.07 Å². The largest absolute Gasteiger partial charge is 0.491 e. The maximum atomic E-state index is 12.2. The Morgan fingerprint density at radius 2 is 1.76 bits per heavy atom. The summed E-state index contributed by atoms with van der Waals surface area (Å²) in [6, 6.07) is 19.3. The van der Waals surface area contributed by atoms with Crippen LogP contribution in [0.5, 0.6) is 5.75 Å². The quantitative estimate of drug-likeness (QED) is 0.669. The molecule has 25 heavy (non-hydrogen) atoms. The van der Waals surface area contributed by atoms with Gasteiger partial charge in [-0.05, 0) is 36.6 Å². The van der Waals surface area contributed by atoms with Gasteiger partial charge in [0.15, 0.2) is 0 Å². The van der Waals surface area contributed by atoms with E-state index in [2.05, 4.69) is 27.6 Å². The van der Waals surface area contributed by atoms with Crippen molar-refractivity contribution in [3.63, 3.8) is 0 Å². The van der Waals surface area contributed by atoms with E-state index in [0.29, 0.717) is 23.6 Å². The van der Waals surface area contributed by atoms with Gasteiger partial charge in [0.1, 0.15) is 5.75 Å². The van der Waals surface area contributed by atoms with Gasteiger partial charge in [0.25, 0.3) is 5.91 Å². The summed E-state index contributed by atoms with van der Waals surface area (Å²) < 4.78 is 5.85. The Kier molecular flexibility index (Phi) is 5.72. The zero-order valence-electron chi connectivity index (χ0n) is 13.8. The molecule has 0 atom stereocenters. The summed E-state index contributed by atoms with van der Waals surface area (Å²) in [6.07, 6.45) is 4.78. The van der Waals surface area contributed by atoms with Gasteiger partial charge in [0.2, 0.25) is 0 Å². The minimum absolute atomic E-state index is 0.241. The smallest absolute Gasteiger partial charge is 0.257 e. The fourth-order valence-corrected chi connectivity index (χ4v) is 2.42. The Balaban J connectivity index is 1.56. The molecule has 0 saturated carbocycles. The summed E-state index contributed by atoms with van der Waals surface area (Å²) in [7, 11) is 0. The molecule has 2 aromatic carbocycles. The summed E-state index contributed by atoms with van der Waals surface area (Å²) in [5.74, 6) is 0.418. The van der Waals surface area contributed by atoms with Crippen molar-refractivity contribution in [2.24, 2.45) is 0 Å². The number of rotatable bonds is 7. The Hall–Kier alpha value is -3.21. The highest BCUT2D eigenvalue weighted by molar-refractivity contribution is 6.04. The van der Waals surface area contributed by atoms with Crippen LogP contribution in [0.3, 0.4) is 0 Å². The highest BCUT2D eigenvalue weighted by atomic mass is 16.5. The van der Waals surface area contributed by atoms with Gasteiger partial charge < -0.3 is 10.1 Å². The molecule has 5 heteroatoms. The number of nitrogens with zero attached hydrogens (tertiary/aromatic N) is 2. The molecule has 0 radical (unpaired) electrons. The standard InChI is InChI=1S/C20H19N3O2/c24-20(17-12-13-21-22-15-17)23-18-10-4-5-11-19(18)25-14-6-9-16-7-2-1-3-8-16/h1-5,7-8,10-13,15H,6,9,14H2,(H,23,24). The molecule has 1 aromatic heterocycles. The Morgan fingerprint density at radius 1 is 0.960 bits per heavy atom. The lowest BCUT2D eigenvalue weighted by molar-refractivity contribution is 0.102. The number of aromatic nitrogens is 2. The molecule has 0 fully saturated rings. The molecule has 1 heterocycles. The number of para-hydroxylation sites is 2. The number of hydrogen-bond acceptors (Lipinski definition) is 4. The van der Waals surface area contributed by atoms with E-state index in [1.165, 1.54) is 18.0 Å². The molecular formula is C20H19N3O2. The van der Waals surface area contributed by atoms with Gasteiger partial charge in [0, 0.05) is 0 Å². The molecule has 1 N–H and O–H groups in total. The van der Waals surface area contributed by atoms with Gasteiger partial charge in [-0.15, -0.1) is 0 Å². The summed E-state index contributed by atoms with van der Waals surface area (Å²) in [5, 5.41) is 10.2. The van der Waals surface area contributed by atoms with Gasteiger partial charge in [0.05, 0.1) is 30.3 Å². The monoisotopic (exact) mass is 333 g/mol. The fourth-order valence-electron chi connectivity index (χ4n) is 2.42. The van der Waals surface area contributed by atoms with Crippen LogP contribution in [0.15, 0.2) is 73.1 Å². The minimum Gasteiger partial charge on any atom is -0.491 e. The molecule has 126 valence electrons. The van der Waals surface area contributed by atoms with Crippen LogP contribution in [0.4, 0.5) is 5.69 Å². The van der Waals surface area contributed by atoms with Gasteiger partial charge in [-0.25, -0.2) is 0 Å². The molecule has 0 unspecified atom stereocenters. The summed E-state index contributed by atoms with van der Waals surface area (Å²) in [5.41, 5.74) is 2.38. The van der Waals surface area contributed by atoms with E-state index in [-0.39, 0.29) is 5.91 Å². The van der Waals surface area contributed by atoms with Crippen molar-refractivity contribution >= 4 is 11.6 Å². The molecule has 0 aliphatic heterocycles. The molecule has 3 aromatic rings. The van der Waals surface area contributed by atoms with Crippen molar-refractivity contribution in [1.29, 1.82) is 0 Å². The first-order chi connectivity index (χ1) is 12.3. The number of aryl methyl sites for hydroxylation is 1. The molecule has 1 amide bonds. The van der Waals surface area contributed by atoms with Crippen molar-refractivity contribution in [3.8, 4) is 5.75 Å². The second-order valence-electron chi connectivity index (χ2n) is 5.52. The zero-order valence-corrected chi connectivity index (χ0v) is 13.8. The van der Waals surface area contributed by atoms with Gasteiger partial charge in [-0.1, -0.05) is 42.5 Å². The van der Waals surface area contributed by atoms with Gasteiger partial charge >= 0.3 is 0 Å². The first kappa shape index (κ1) is 16.6. The van der Waals surface area contributed by atoms with E-state index >= 15 is 0 Å². The molecule has 0 spiro atoms. The van der Waals surface area contributed by atoms with Crippen molar-refractivity contribution < 1.29 is 9.53 Å². The molecule has 5 nitrogen and oxygen atoms in total. The third-order valence-electron chi connectivity index (χ3n) is 3.69. The van der Waals surface area contributed by atoms with E-state index in [9.17, 15) is 4.79 Å². The lowest BCUT2D eigenvalue weighted by Gasteiger charge is -2.12. The number of carbonyl (C=O) groups is 1. The van der Waals surface area contributed by atoms with E-state index in [0.717, 1.165) is 12.8 Å². The highest BCUT2D eigenvalue weighted by Gasteiger charge is 2.09. The average Bonchev–Trinajstić information content (AvgIpc) is 2.68. The maximum Gasteiger partial charge on any atom is 0.257 e. The molecule has 0 aliphatic carbocycles. The number of amides is 1. The Morgan fingerprint density at radius 3 is 2.56 bits per heavy atom. The molecule has 0 aliphatic rings. The fraction of sp³-hybridized carbons (Fsp3) is 0.150. The number of anilines is 1. The minimum atomic E-state index is -0.241. The van der Waals surface area contributed by atoms with Crippen molar-refractivity contribution in [2.75, 3.05) is 11.9 Å². The summed E-state index contributed by atoms with van der Waals surface area (Å²) >= 11 is 0. The van der Waals surface area contributed by atoms with Crippen LogP contribution in [0, 0.1) is 0 Å². The number of nitrogens with one attached hydrogen (secondary N) is 1. The first-order valence-electron chi connectivity index (χ1n) is 8.17. The zero-order chi connectivity index (χ0) is 17.3. The van der Waals surface area contributed by atoms with E-state index in [4.69, 9.17) is 4.74 Å². The highest BCUT2D eigenvalue weighted by Crippen LogP contribution is 2.24. The SMILES string of the molecule is O=C(Nc1ccccc1OCCCc1ccccc1)c1ccnnc1. The van der Waals surface area contributed by atoms with Crippen LogP contribution in [0.2, 0.25) is 0 Å².